The van der Waals surface area contributed by atoms with Gasteiger partial charge < -0.3 is 15.0 Å². The van der Waals surface area contributed by atoms with Crippen molar-refractivity contribution in [3.8, 4) is 5.75 Å². The number of likely N-dealkylation sites (tertiary alicyclic amines) is 1. The van der Waals surface area contributed by atoms with Crippen LogP contribution in [0.15, 0.2) is 54.6 Å². The summed E-state index contributed by atoms with van der Waals surface area (Å²) in [6.07, 6.45) is 1.14. The van der Waals surface area contributed by atoms with Gasteiger partial charge in [-0.25, -0.2) is 0 Å². The number of fused-ring (bicyclic) bond motifs is 1. The zero-order chi connectivity index (χ0) is 21.1. The van der Waals surface area contributed by atoms with Gasteiger partial charge in [0.25, 0.3) is 5.91 Å². The lowest BCUT2D eigenvalue weighted by molar-refractivity contribution is -0.141. The highest BCUT2D eigenvalue weighted by molar-refractivity contribution is 5.98. The van der Waals surface area contributed by atoms with Gasteiger partial charge in [0.2, 0.25) is 5.91 Å². The minimum Gasteiger partial charge on any atom is -0.467 e. The van der Waals surface area contributed by atoms with Crippen molar-refractivity contribution < 1.29 is 14.3 Å². The topological polar surface area (TPSA) is 61.9 Å². The third-order valence-corrected chi connectivity index (χ3v) is 6.19. The summed E-state index contributed by atoms with van der Waals surface area (Å²) >= 11 is 0. The summed E-state index contributed by atoms with van der Waals surface area (Å²) in [7, 11) is 0. The highest BCUT2D eigenvalue weighted by Crippen LogP contribution is 2.34. The van der Waals surface area contributed by atoms with Crippen LogP contribution in [-0.2, 0) is 4.79 Å². The van der Waals surface area contributed by atoms with E-state index in [0.29, 0.717) is 37.2 Å². The van der Waals surface area contributed by atoms with Crippen LogP contribution in [0, 0.1) is 0 Å². The Hall–Kier alpha value is -2.86. The quantitative estimate of drug-likeness (QED) is 0.827. The van der Waals surface area contributed by atoms with E-state index >= 15 is 0 Å². The molecule has 1 fully saturated rings. The zero-order valence-electron chi connectivity index (χ0n) is 17.6. The monoisotopic (exact) mass is 407 g/mol. The molecule has 2 heterocycles. The number of hydrogen-bond donors (Lipinski definition) is 1. The highest BCUT2D eigenvalue weighted by Gasteiger charge is 2.44. The summed E-state index contributed by atoms with van der Waals surface area (Å²) in [5.74, 6) is 0.621. The number of carbonyl (C=O) groups is 2. The molecule has 0 aliphatic carbocycles. The summed E-state index contributed by atoms with van der Waals surface area (Å²) in [5.41, 5.74) is 0.842. The van der Waals surface area contributed by atoms with Gasteiger partial charge in [0.15, 0.2) is 5.72 Å². The van der Waals surface area contributed by atoms with Crippen LogP contribution in [-0.4, -0.2) is 53.5 Å². The molecule has 6 heteroatoms. The van der Waals surface area contributed by atoms with Crippen molar-refractivity contribution in [3.05, 3.63) is 65.7 Å². The molecule has 1 spiro atoms. The van der Waals surface area contributed by atoms with Crippen LogP contribution in [0.5, 0.6) is 5.75 Å². The first-order valence-electron chi connectivity index (χ1n) is 10.7. The summed E-state index contributed by atoms with van der Waals surface area (Å²) < 4.78 is 6.21. The van der Waals surface area contributed by atoms with Gasteiger partial charge in [0, 0.05) is 25.9 Å². The van der Waals surface area contributed by atoms with Crippen molar-refractivity contribution in [1.29, 1.82) is 0 Å². The van der Waals surface area contributed by atoms with Crippen LogP contribution in [0.4, 0.5) is 0 Å². The van der Waals surface area contributed by atoms with Gasteiger partial charge in [-0.15, -0.1) is 0 Å². The average Bonchev–Trinajstić information content (AvgIpc) is 2.78. The Morgan fingerprint density at radius 3 is 2.37 bits per heavy atom. The van der Waals surface area contributed by atoms with Crippen LogP contribution in [0.2, 0.25) is 0 Å². The maximum Gasteiger partial charge on any atom is 0.258 e. The number of benzene rings is 2. The second kappa shape index (κ2) is 8.48. The molecule has 1 N–H and O–H groups in total. The number of amides is 2. The Morgan fingerprint density at radius 2 is 1.70 bits per heavy atom. The van der Waals surface area contributed by atoms with Crippen LogP contribution in [0.25, 0.3) is 0 Å². The fourth-order valence-electron chi connectivity index (χ4n) is 4.48. The first-order valence-corrected chi connectivity index (χ1v) is 10.7. The number of hydrogen-bond acceptors (Lipinski definition) is 4. The number of piperidine rings is 1. The van der Waals surface area contributed by atoms with Crippen molar-refractivity contribution in [2.24, 2.45) is 0 Å². The van der Waals surface area contributed by atoms with E-state index in [1.54, 1.807) is 6.07 Å². The maximum atomic E-state index is 13.5. The summed E-state index contributed by atoms with van der Waals surface area (Å²) in [5, 5.41) is 3.04. The standard InChI is InChI=1S/C24H29N3O3/c1-3-26(4-2)21(18-10-6-5-7-11-18)23(29)27-16-14-24(15-17-27)25-22(28)19-12-8-9-13-20(19)30-24/h5-13,21H,3-4,14-17H2,1-2H3,(H,25,28)/t21-/m1/s1. The first kappa shape index (κ1) is 20.4. The molecule has 158 valence electrons. The summed E-state index contributed by atoms with van der Waals surface area (Å²) in [6, 6.07) is 17.0. The predicted molar refractivity (Wildman–Crippen MR) is 115 cm³/mol. The molecule has 1 saturated heterocycles. The van der Waals surface area contributed by atoms with Crippen LogP contribution < -0.4 is 10.1 Å². The predicted octanol–water partition coefficient (Wildman–Crippen LogP) is 3.21. The van der Waals surface area contributed by atoms with Gasteiger partial charge in [0.05, 0.1) is 5.56 Å². The Kier molecular flexibility index (Phi) is 5.77. The molecule has 0 unspecified atom stereocenters. The number of carbonyl (C=O) groups excluding carboxylic acids is 2. The average molecular weight is 408 g/mol. The number of nitrogens with zero attached hydrogens (tertiary/aromatic N) is 2. The molecule has 2 amide bonds. The lowest BCUT2D eigenvalue weighted by atomic mass is 9.95. The third-order valence-electron chi connectivity index (χ3n) is 6.19. The van der Waals surface area contributed by atoms with Gasteiger partial charge in [-0.2, -0.15) is 0 Å². The van der Waals surface area contributed by atoms with Crippen LogP contribution in [0.1, 0.15) is 48.7 Å². The summed E-state index contributed by atoms with van der Waals surface area (Å²) in [4.78, 5) is 30.2. The zero-order valence-corrected chi connectivity index (χ0v) is 17.6. The Labute approximate surface area is 177 Å². The van der Waals surface area contributed by atoms with Gasteiger partial charge in [-0.05, 0) is 30.8 Å². The minimum atomic E-state index is -0.736. The number of rotatable bonds is 5. The number of para-hydroxylation sites is 1. The lowest BCUT2D eigenvalue weighted by Gasteiger charge is -2.45. The van der Waals surface area contributed by atoms with Gasteiger partial charge in [-0.3, -0.25) is 14.5 Å². The molecule has 0 bridgehead atoms. The molecule has 2 aromatic carbocycles. The molecule has 30 heavy (non-hydrogen) atoms. The molecular weight excluding hydrogens is 378 g/mol. The van der Waals surface area contributed by atoms with Gasteiger partial charge in [-0.1, -0.05) is 56.3 Å². The first-order chi connectivity index (χ1) is 14.6. The molecule has 1 atom stereocenters. The normalized spacial score (nSPS) is 18.5. The highest BCUT2D eigenvalue weighted by atomic mass is 16.5. The van der Waals surface area contributed by atoms with Crippen molar-refractivity contribution in [2.45, 2.75) is 38.5 Å². The third kappa shape index (κ3) is 3.79. The van der Waals surface area contributed by atoms with E-state index in [1.807, 2.05) is 53.4 Å². The van der Waals surface area contributed by atoms with Gasteiger partial charge >= 0.3 is 0 Å². The fourth-order valence-corrected chi connectivity index (χ4v) is 4.48. The molecule has 0 saturated carbocycles. The molecule has 2 aliphatic rings. The second-order valence-corrected chi connectivity index (χ2v) is 7.91. The van der Waals surface area contributed by atoms with Gasteiger partial charge in [0.1, 0.15) is 11.8 Å². The van der Waals surface area contributed by atoms with E-state index in [0.717, 1.165) is 18.7 Å². The maximum absolute atomic E-state index is 13.5. The minimum absolute atomic E-state index is 0.109. The summed E-state index contributed by atoms with van der Waals surface area (Å²) in [6.45, 7) is 6.87. The van der Waals surface area contributed by atoms with Crippen LogP contribution in [0.3, 0.4) is 0 Å². The molecule has 0 radical (unpaired) electrons. The molecule has 0 aromatic heterocycles. The van der Waals surface area contributed by atoms with E-state index in [9.17, 15) is 9.59 Å². The van der Waals surface area contributed by atoms with Crippen LogP contribution >= 0.6 is 0 Å². The van der Waals surface area contributed by atoms with Crippen molar-refractivity contribution in [3.63, 3.8) is 0 Å². The van der Waals surface area contributed by atoms with E-state index in [4.69, 9.17) is 4.74 Å². The van der Waals surface area contributed by atoms with Crippen molar-refractivity contribution >= 4 is 11.8 Å². The van der Waals surface area contributed by atoms with E-state index in [-0.39, 0.29) is 17.9 Å². The Bertz CT molecular complexity index is 903. The molecule has 2 aromatic rings. The SMILES string of the molecule is CCN(CC)[C@@H](C(=O)N1CCC2(CC1)NC(=O)c1ccccc1O2)c1ccccc1. The molecule has 2 aliphatic heterocycles. The van der Waals surface area contributed by atoms with Crippen molar-refractivity contribution in [1.82, 2.24) is 15.1 Å². The Balaban J connectivity index is 1.50. The van der Waals surface area contributed by atoms with E-state index in [2.05, 4.69) is 24.1 Å². The molecular formula is C24H29N3O3. The Morgan fingerprint density at radius 1 is 1.07 bits per heavy atom. The second-order valence-electron chi connectivity index (χ2n) is 7.91. The number of nitrogens with one attached hydrogen (secondary N) is 1. The van der Waals surface area contributed by atoms with E-state index in [1.165, 1.54) is 0 Å². The number of likely N-dealkylation sites (N-methyl/N-ethyl adjacent to an activating group) is 1. The van der Waals surface area contributed by atoms with Crippen molar-refractivity contribution in [2.75, 3.05) is 26.2 Å². The molecule has 4 rings (SSSR count). The number of ether oxygens (including phenoxy) is 1. The van der Waals surface area contributed by atoms with E-state index < -0.39 is 5.72 Å². The molecule has 6 nitrogen and oxygen atoms in total. The largest absolute Gasteiger partial charge is 0.467 e. The fraction of sp³-hybridized carbons (Fsp3) is 0.417. The lowest BCUT2D eigenvalue weighted by Crippen LogP contribution is -2.62. The smallest absolute Gasteiger partial charge is 0.258 e.